The predicted octanol–water partition coefficient (Wildman–Crippen LogP) is 3.95. The fourth-order valence-corrected chi connectivity index (χ4v) is 3.51. The number of para-hydroxylation sites is 1. The SMILES string of the molecule is CC(C)(C)OC(=O)NCc1cccc(Cn2c(O)nc3c(N)nc4ccccc4c32)c1. The van der Waals surface area contributed by atoms with Crippen molar-refractivity contribution >= 4 is 33.8 Å². The van der Waals surface area contributed by atoms with E-state index in [1.54, 1.807) is 4.57 Å². The van der Waals surface area contributed by atoms with Crippen LogP contribution in [0.1, 0.15) is 31.9 Å². The summed E-state index contributed by atoms with van der Waals surface area (Å²) in [7, 11) is 0. The van der Waals surface area contributed by atoms with E-state index in [2.05, 4.69) is 15.3 Å². The molecule has 2 heterocycles. The third-order valence-electron chi connectivity index (χ3n) is 4.76. The Bertz CT molecular complexity index is 1270. The Kier molecular flexibility index (Phi) is 5.14. The number of carbonyl (C=O) groups is 1. The van der Waals surface area contributed by atoms with Crippen LogP contribution >= 0.6 is 0 Å². The monoisotopic (exact) mass is 419 g/mol. The molecule has 0 spiro atoms. The quantitative estimate of drug-likeness (QED) is 0.461. The number of anilines is 1. The fourth-order valence-electron chi connectivity index (χ4n) is 3.51. The third kappa shape index (κ3) is 4.37. The lowest BCUT2D eigenvalue weighted by Crippen LogP contribution is -2.32. The summed E-state index contributed by atoms with van der Waals surface area (Å²) in [5.41, 5.74) is 9.34. The number of aromatic nitrogens is 3. The van der Waals surface area contributed by atoms with Crippen molar-refractivity contribution in [3.8, 4) is 6.01 Å². The molecule has 0 fully saturated rings. The first-order chi connectivity index (χ1) is 14.7. The number of hydrogen-bond donors (Lipinski definition) is 3. The number of hydrogen-bond acceptors (Lipinski definition) is 6. The second-order valence-corrected chi connectivity index (χ2v) is 8.38. The Hall–Kier alpha value is -3.81. The average molecular weight is 419 g/mol. The highest BCUT2D eigenvalue weighted by Crippen LogP contribution is 2.31. The Morgan fingerprint density at radius 3 is 2.65 bits per heavy atom. The second kappa shape index (κ2) is 7.79. The number of pyridine rings is 1. The number of ether oxygens (including phenoxy) is 1. The zero-order valence-electron chi connectivity index (χ0n) is 17.7. The predicted molar refractivity (Wildman–Crippen MR) is 120 cm³/mol. The number of carbonyl (C=O) groups excluding carboxylic acids is 1. The highest BCUT2D eigenvalue weighted by molar-refractivity contribution is 6.06. The minimum Gasteiger partial charge on any atom is -0.480 e. The second-order valence-electron chi connectivity index (χ2n) is 8.38. The van der Waals surface area contributed by atoms with Crippen molar-refractivity contribution in [3.63, 3.8) is 0 Å². The molecular formula is C23H25N5O3. The number of benzene rings is 2. The number of nitrogens with zero attached hydrogens (tertiary/aromatic N) is 3. The maximum Gasteiger partial charge on any atom is 0.407 e. The van der Waals surface area contributed by atoms with E-state index in [4.69, 9.17) is 10.5 Å². The molecule has 0 radical (unpaired) electrons. The maximum absolute atomic E-state index is 11.9. The van der Waals surface area contributed by atoms with Gasteiger partial charge in [-0.1, -0.05) is 42.5 Å². The van der Waals surface area contributed by atoms with Gasteiger partial charge in [0.1, 0.15) is 11.1 Å². The molecule has 0 saturated heterocycles. The molecule has 2 aromatic heterocycles. The van der Waals surface area contributed by atoms with E-state index in [1.807, 2.05) is 69.3 Å². The molecule has 160 valence electrons. The molecule has 0 atom stereocenters. The molecule has 0 unspecified atom stereocenters. The van der Waals surface area contributed by atoms with Crippen LogP contribution in [-0.4, -0.2) is 31.3 Å². The Balaban J connectivity index is 1.62. The van der Waals surface area contributed by atoms with Crippen molar-refractivity contribution in [3.05, 3.63) is 59.7 Å². The summed E-state index contributed by atoms with van der Waals surface area (Å²) < 4.78 is 7.00. The van der Waals surface area contributed by atoms with Gasteiger partial charge in [0.2, 0.25) is 0 Å². The highest BCUT2D eigenvalue weighted by atomic mass is 16.6. The lowest BCUT2D eigenvalue weighted by molar-refractivity contribution is 0.0523. The summed E-state index contributed by atoms with van der Waals surface area (Å²) in [6, 6.07) is 15.2. The summed E-state index contributed by atoms with van der Waals surface area (Å²) in [5, 5.41) is 14.2. The van der Waals surface area contributed by atoms with E-state index in [-0.39, 0.29) is 11.8 Å². The summed E-state index contributed by atoms with van der Waals surface area (Å²) in [4.78, 5) is 20.5. The normalized spacial score (nSPS) is 11.7. The van der Waals surface area contributed by atoms with Gasteiger partial charge in [0, 0.05) is 11.9 Å². The van der Waals surface area contributed by atoms with E-state index in [0.717, 1.165) is 27.5 Å². The third-order valence-corrected chi connectivity index (χ3v) is 4.76. The van der Waals surface area contributed by atoms with Gasteiger partial charge in [-0.15, -0.1) is 0 Å². The van der Waals surface area contributed by atoms with Gasteiger partial charge in [-0.2, -0.15) is 4.98 Å². The lowest BCUT2D eigenvalue weighted by Gasteiger charge is -2.19. The van der Waals surface area contributed by atoms with Crippen molar-refractivity contribution in [2.24, 2.45) is 0 Å². The van der Waals surface area contributed by atoms with Crippen LogP contribution in [0.2, 0.25) is 0 Å². The molecule has 1 amide bonds. The van der Waals surface area contributed by atoms with Gasteiger partial charge < -0.3 is 20.9 Å². The molecule has 0 aliphatic heterocycles. The van der Waals surface area contributed by atoms with Crippen LogP contribution in [0, 0.1) is 0 Å². The summed E-state index contributed by atoms with van der Waals surface area (Å²) in [6.45, 7) is 6.18. The molecule has 0 aliphatic carbocycles. The van der Waals surface area contributed by atoms with Gasteiger partial charge in [-0.3, -0.25) is 4.57 Å². The van der Waals surface area contributed by atoms with Crippen LogP contribution in [0.3, 0.4) is 0 Å². The van der Waals surface area contributed by atoms with Gasteiger partial charge >= 0.3 is 6.09 Å². The topological polar surface area (TPSA) is 115 Å². The van der Waals surface area contributed by atoms with E-state index >= 15 is 0 Å². The summed E-state index contributed by atoms with van der Waals surface area (Å²) >= 11 is 0. The first-order valence-corrected chi connectivity index (χ1v) is 9.99. The largest absolute Gasteiger partial charge is 0.480 e. The van der Waals surface area contributed by atoms with Gasteiger partial charge in [0.15, 0.2) is 5.82 Å². The number of amides is 1. The number of aromatic hydroxyl groups is 1. The van der Waals surface area contributed by atoms with E-state index in [1.165, 1.54) is 0 Å². The van der Waals surface area contributed by atoms with Gasteiger partial charge in [-0.25, -0.2) is 9.78 Å². The Morgan fingerprint density at radius 1 is 1.13 bits per heavy atom. The number of nitrogens with two attached hydrogens (primary N) is 1. The smallest absolute Gasteiger partial charge is 0.407 e. The van der Waals surface area contributed by atoms with Crippen molar-refractivity contribution in [2.45, 2.75) is 39.5 Å². The minimum absolute atomic E-state index is 0.128. The number of fused-ring (bicyclic) bond motifs is 3. The van der Waals surface area contributed by atoms with Crippen molar-refractivity contribution in [1.29, 1.82) is 0 Å². The van der Waals surface area contributed by atoms with Crippen molar-refractivity contribution < 1.29 is 14.6 Å². The molecule has 8 nitrogen and oxygen atoms in total. The lowest BCUT2D eigenvalue weighted by atomic mass is 10.1. The molecule has 4 aromatic rings. The van der Waals surface area contributed by atoms with Crippen LogP contribution < -0.4 is 11.1 Å². The van der Waals surface area contributed by atoms with Crippen LogP contribution in [0.5, 0.6) is 6.01 Å². The Morgan fingerprint density at radius 2 is 1.87 bits per heavy atom. The summed E-state index contributed by atoms with van der Waals surface area (Å²) in [5.74, 6) is 0.276. The molecule has 0 bridgehead atoms. The standard InChI is InChI=1S/C23H25N5O3/c1-23(2,3)31-22(30)25-12-14-7-6-8-15(11-14)13-28-19-16-9-4-5-10-17(16)26-20(24)18(19)27-21(28)29/h4-11H,12-13H2,1-3H3,(H2,24,26)(H,25,30)(H,27,29). The van der Waals surface area contributed by atoms with Crippen LogP contribution in [0.4, 0.5) is 10.6 Å². The molecule has 8 heteroatoms. The number of nitrogen functional groups attached to an aromatic ring is 1. The van der Waals surface area contributed by atoms with E-state index in [9.17, 15) is 9.90 Å². The van der Waals surface area contributed by atoms with E-state index in [0.29, 0.717) is 18.6 Å². The molecular weight excluding hydrogens is 394 g/mol. The fraction of sp³-hybridized carbons (Fsp3) is 0.261. The van der Waals surface area contributed by atoms with E-state index < -0.39 is 11.7 Å². The molecule has 0 aliphatic rings. The molecule has 31 heavy (non-hydrogen) atoms. The minimum atomic E-state index is -0.550. The molecule has 4 rings (SSSR count). The first kappa shape index (κ1) is 20.5. The zero-order valence-corrected chi connectivity index (χ0v) is 17.7. The zero-order chi connectivity index (χ0) is 22.2. The van der Waals surface area contributed by atoms with Crippen molar-refractivity contribution in [1.82, 2.24) is 19.9 Å². The van der Waals surface area contributed by atoms with Gasteiger partial charge in [0.25, 0.3) is 6.01 Å². The van der Waals surface area contributed by atoms with Gasteiger partial charge in [-0.05, 0) is 38.0 Å². The van der Waals surface area contributed by atoms with Crippen LogP contribution in [0.25, 0.3) is 21.9 Å². The Labute approximate surface area is 179 Å². The maximum atomic E-state index is 11.9. The molecule has 0 saturated carbocycles. The molecule has 2 aromatic carbocycles. The van der Waals surface area contributed by atoms with Gasteiger partial charge in [0.05, 0.1) is 17.6 Å². The average Bonchev–Trinajstić information content (AvgIpc) is 3.03. The molecule has 4 N–H and O–H groups in total. The number of nitrogens with one attached hydrogen (secondary N) is 1. The number of imidazole rings is 1. The van der Waals surface area contributed by atoms with Crippen LogP contribution in [0.15, 0.2) is 48.5 Å². The number of alkyl carbamates (subject to hydrolysis) is 1. The van der Waals surface area contributed by atoms with Crippen LogP contribution in [-0.2, 0) is 17.8 Å². The highest BCUT2D eigenvalue weighted by Gasteiger charge is 2.18. The van der Waals surface area contributed by atoms with Crippen molar-refractivity contribution in [2.75, 3.05) is 5.73 Å². The summed E-state index contributed by atoms with van der Waals surface area (Å²) in [6.07, 6.45) is -0.467. The number of rotatable bonds is 4. The first-order valence-electron chi connectivity index (χ1n) is 9.99.